The number of hydrogen-bond acceptors (Lipinski definition) is 0. The zero-order valence-corrected chi connectivity index (χ0v) is 14.5. The summed E-state index contributed by atoms with van der Waals surface area (Å²) in [6, 6.07) is 10.3. The van der Waals surface area contributed by atoms with Crippen LogP contribution in [0.25, 0.3) is 0 Å². The predicted octanol–water partition coefficient (Wildman–Crippen LogP) is 1.11. The maximum atomic E-state index is 2.43. The zero-order chi connectivity index (χ0) is 15.4. The van der Waals surface area contributed by atoms with Gasteiger partial charge in [-0.2, -0.15) is 0 Å². The molecule has 2 heteroatoms. The van der Waals surface area contributed by atoms with Gasteiger partial charge in [0.05, 0.1) is 6.04 Å². The van der Waals surface area contributed by atoms with E-state index < -0.39 is 0 Å². The number of nitrogens with one attached hydrogen (secondary N) is 2. The van der Waals surface area contributed by atoms with Crippen molar-refractivity contribution >= 4 is 0 Å². The standard InChI is InChI=1S/C20H32N2/c1-3-18-6-8-19(9-7-18)16-21-12-14-22(15-13-21)20-10-4-17(2)5-11-20/h6-9,17,20H,3-5,10-16H2,1-2H3/p+2. The molecule has 1 aromatic rings. The van der Waals surface area contributed by atoms with Gasteiger partial charge < -0.3 is 9.80 Å². The van der Waals surface area contributed by atoms with E-state index in [1.54, 1.807) is 4.90 Å². The lowest BCUT2D eigenvalue weighted by atomic mass is 9.86. The molecule has 0 atom stereocenters. The van der Waals surface area contributed by atoms with Gasteiger partial charge in [0, 0.05) is 5.56 Å². The third kappa shape index (κ3) is 4.11. The molecule has 2 N–H and O–H groups in total. The van der Waals surface area contributed by atoms with Crippen LogP contribution in [0, 0.1) is 5.92 Å². The van der Waals surface area contributed by atoms with Gasteiger partial charge in [-0.25, -0.2) is 0 Å². The number of rotatable bonds is 4. The third-order valence-corrected chi connectivity index (χ3v) is 6.08. The van der Waals surface area contributed by atoms with Crippen molar-refractivity contribution in [3.05, 3.63) is 35.4 Å². The van der Waals surface area contributed by atoms with E-state index in [4.69, 9.17) is 0 Å². The van der Waals surface area contributed by atoms with E-state index in [1.165, 1.54) is 69.5 Å². The van der Waals surface area contributed by atoms with Gasteiger partial charge in [-0.05, 0) is 43.6 Å². The molecule has 1 saturated carbocycles. The molecule has 2 aliphatic rings. The summed E-state index contributed by atoms with van der Waals surface area (Å²) in [5, 5.41) is 0. The number of benzene rings is 1. The van der Waals surface area contributed by atoms with E-state index in [1.807, 2.05) is 4.90 Å². The Morgan fingerprint density at radius 3 is 2.05 bits per heavy atom. The Morgan fingerprint density at radius 1 is 0.864 bits per heavy atom. The highest BCUT2D eigenvalue weighted by Gasteiger charge is 2.31. The molecular weight excluding hydrogens is 268 g/mol. The molecule has 0 unspecified atom stereocenters. The van der Waals surface area contributed by atoms with Crippen LogP contribution in [0.5, 0.6) is 0 Å². The van der Waals surface area contributed by atoms with E-state index in [-0.39, 0.29) is 0 Å². The average molecular weight is 303 g/mol. The van der Waals surface area contributed by atoms with Gasteiger partial charge in [-0.1, -0.05) is 38.1 Å². The topological polar surface area (TPSA) is 8.88 Å². The molecular formula is C20H34N2+2. The highest BCUT2D eigenvalue weighted by Crippen LogP contribution is 2.21. The predicted molar refractivity (Wildman–Crippen MR) is 92.3 cm³/mol. The number of aryl methyl sites for hydroxylation is 1. The number of quaternary nitrogens is 2. The van der Waals surface area contributed by atoms with Crippen LogP contribution < -0.4 is 9.80 Å². The summed E-state index contributed by atoms with van der Waals surface area (Å²) >= 11 is 0. The minimum atomic E-state index is 0.974. The highest BCUT2D eigenvalue weighted by atomic mass is 15.3. The SMILES string of the molecule is CCc1ccc(C[NH+]2CC[NH+](C3CCC(C)CC3)CC2)cc1. The van der Waals surface area contributed by atoms with Crippen molar-refractivity contribution in [3.63, 3.8) is 0 Å². The quantitative estimate of drug-likeness (QED) is 0.824. The minimum Gasteiger partial charge on any atom is -0.323 e. The molecule has 0 bridgehead atoms. The summed E-state index contributed by atoms with van der Waals surface area (Å²) in [6.45, 7) is 11.4. The van der Waals surface area contributed by atoms with E-state index >= 15 is 0 Å². The Labute approximate surface area is 136 Å². The molecule has 122 valence electrons. The lowest BCUT2D eigenvalue weighted by Crippen LogP contribution is -3.29. The van der Waals surface area contributed by atoms with Crippen LogP contribution in [0.2, 0.25) is 0 Å². The van der Waals surface area contributed by atoms with Gasteiger partial charge in [0.25, 0.3) is 0 Å². The molecule has 1 aliphatic carbocycles. The van der Waals surface area contributed by atoms with Crippen molar-refractivity contribution in [2.24, 2.45) is 5.92 Å². The average Bonchev–Trinajstić information content (AvgIpc) is 2.57. The van der Waals surface area contributed by atoms with Crippen molar-refractivity contribution in [2.45, 2.75) is 58.5 Å². The van der Waals surface area contributed by atoms with Crippen molar-refractivity contribution in [1.82, 2.24) is 0 Å². The lowest BCUT2D eigenvalue weighted by Gasteiger charge is -2.37. The fourth-order valence-corrected chi connectivity index (χ4v) is 4.36. The monoisotopic (exact) mass is 302 g/mol. The van der Waals surface area contributed by atoms with Crippen LogP contribution in [0.4, 0.5) is 0 Å². The summed E-state index contributed by atoms with van der Waals surface area (Å²) in [4.78, 5) is 3.70. The second-order valence-corrected chi connectivity index (χ2v) is 7.71. The summed E-state index contributed by atoms with van der Waals surface area (Å²) < 4.78 is 0. The van der Waals surface area contributed by atoms with Crippen molar-refractivity contribution in [3.8, 4) is 0 Å². The van der Waals surface area contributed by atoms with Crippen LogP contribution >= 0.6 is 0 Å². The lowest BCUT2D eigenvalue weighted by molar-refractivity contribution is -1.03. The molecule has 1 heterocycles. The smallest absolute Gasteiger partial charge is 0.127 e. The van der Waals surface area contributed by atoms with Gasteiger partial charge in [0.15, 0.2) is 0 Å². The van der Waals surface area contributed by atoms with Crippen LogP contribution in [-0.4, -0.2) is 32.2 Å². The third-order valence-electron chi connectivity index (χ3n) is 6.08. The largest absolute Gasteiger partial charge is 0.323 e. The van der Waals surface area contributed by atoms with Gasteiger partial charge >= 0.3 is 0 Å². The molecule has 3 rings (SSSR count). The van der Waals surface area contributed by atoms with Gasteiger partial charge in [-0.15, -0.1) is 0 Å². The Kier molecular flexibility index (Phi) is 5.54. The fourth-order valence-electron chi connectivity index (χ4n) is 4.36. The van der Waals surface area contributed by atoms with Crippen LogP contribution in [0.3, 0.4) is 0 Å². The first-order chi connectivity index (χ1) is 10.7. The summed E-state index contributed by atoms with van der Waals surface area (Å²) in [7, 11) is 0. The number of hydrogen-bond donors (Lipinski definition) is 2. The molecule has 0 radical (unpaired) electrons. The summed E-state index contributed by atoms with van der Waals surface area (Å²) in [6.07, 6.45) is 7.03. The molecule has 1 aliphatic heterocycles. The van der Waals surface area contributed by atoms with E-state index in [9.17, 15) is 0 Å². The molecule has 22 heavy (non-hydrogen) atoms. The van der Waals surface area contributed by atoms with Gasteiger partial charge in [0.1, 0.15) is 32.7 Å². The van der Waals surface area contributed by atoms with E-state index in [2.05, 4.69) is 38.1 Å². The second-order valence-electron chi connectivity index (χ2n) is 7.71. The molecule has 0 spiro atoms. The van der Waals surface area contributed by atoms with Gasteiger partial charge in [0.2, 0.25) is 0 Å². The fraction of sp³-hybridized carbons (Fsp3) is 0.700. The highest BCUT2D eigenvalue weighted by molar-refractivity contribution is 5.21. The van der Waals surface area contributed by atoms with Crippen molar-refractivity contribution in [2.75, 3.05) is 26.2 Å². The molecule has 1 saturated heterocycles. The summed E-state index contributed by atoms with van der Waals surface area (Å²) in [5.41, 5.74) is 2.97. The molecule has 1 aromatic carbocycles. The Balaban J connectivity index is 1.45. The van der Waals surface area contributed by atoms with E-state index in [0.29, 0.717) is 0 Å². The molecule has 2 nitrogen and oxygen atoms in total. The second kappa shape index (κ2) is 7.61. The van der Waals surface area contributed by atoms with Crippen molar-refractivity contribution < 1.29 is 9.80 Å². The van der Waals surface area contributed by atoms with Crippen LogP contribution in [0.15, 0.2) is 24.3 Å². The first-order valence-corrected chi connectivity index (χ1v) is 9.50. The first-order valence-electron chi connectivity index (χ1n) is 9.50. The van der Waals surface area contributed by atoms with E-state index in [0.717, 1.165) is 18.4 Å². The first kappa shape index (κ1) is 16.0. The molecule has 2 fully saturated rings. The van der Waals surface area contributed by atoms with Crippen LogP contribution in [0.1, 0.15) is 50.7 Å². The molecule has 0 aromatic heterocycles. The Morgan fingerprint density at radius 2 is 1.45 bits per heavy atom. The summed E-state index contributed by atoms with van der Waals surface area (Å²) in [5.74, 6) is 0.980. The van der Waals surface area contributed by atoms with Gasteiger partial charge in [-0.3, -0.25) is 0 Å². The normalized spacial score (nSPS) is 32.8. The maximum absolute atomic E-state index is 2.43. The Bertz CT molecular complexity index is 437. The number of piperazine rings is 1. The van der Waals surface area contributed by atoms with Crippen LogP contribution in [-0.2, 0) is 13.0 Å². The van der Waals surface area contributed by atoms with Crippen molar-refractivity contribution in [1.29, 1.82) is 0 Å². The molecule has 0 amide bonds. The Hall–Kier alpha value is -0.860. The maximum Gasteiger partial charge on any atom is 0.127 e. The minimum absolute atomic E-state index is 0.974. The zero-order valence-electron chi connectivity index (χ0n) is 14.5.